The molecule has 0 heterocycles. The van der Waals surface area contributed by atoms with Crippen molar-refractivity contribution in [2.75, 3.05) is 6.01 Å². The fourth-order valence-corrected chi connectivity index (χ4v) is 7.44. The van der Waals surface area contributed by atoms with E-state index < -0.39 is 46.6 Å². The normalized spacial score (nSPS) is 49.9. The van der Waals surface area contributed by atoms with E-state index in [0.717, 1.165) is 0 Å². The molecule has 7 heteroatoms. The molecule has 28 heavy (non-hydrogen) atoms. The molecule has 0 bridgehead atoms. The molecule has 4 rings (SSSR count). The van der Waals surface area contributed by atoms with Crippen LogP contribution in [0.2, 0.25) is 0 Å². The van der Waals surface area contributed by atoms with E-state index in [1.54, 1.807) is 6.92 Å². The Bertz CT molecular complexity index is 783. The Morgan fingerprint density at radius 3 is 2.71 bits per heavy atom. The van der Waals surface area contributed by atoms with Crippen LogP contribution in [0.15, 0.2) is 23.8 Å². The Labute approximate surface area is 166 Å². The average Bonchev–Trinajstić information content (AvgIpc) is 2.96. The summed E-state index contributed by atoms with van der Waals surface area (Å²) in [6.45, 7) is 3.42. The minimum Gasteiger partial charge on any atom is -0.390 e. The molecule has 3 fully saturated rings. The topological polar surface area (TPSA) is 54.4 Å². The van der Waals surface area contributed by atoms with E-state index in [9.17, 15) is 19.1 Å². The Kier molecular flexibility index (Phi) is 4.66. The zero-order chi connectivity index (χ0) is 20.5. The van der Waals surface area contributed by atoms with E-state index in [1.165, 1.54) is 18.2 Å². The Morgan fingerprint density at radius 2 is 2.04 bits per heavy atom. The summed E-state index contributed by atoms with van der Waals surface area (Å²) >= 11 is 0.618. The van der Waals surface area contributed by atoms with Gasteiger partial charge in [-0.05, 0) is 61.7 Å². The lowest BCUT2D eigenvalue weighted by atomic mass is 9.45. The van der Waals surface area contributed by atoms with Crippen molar-refractivity contribution in [1.82, 2.24) is 0 Å². The molecule has 154 valence electrons. The molecule has 0 aromatic rings. The number of rotatable bonds is 2. The third-order valence-electron chi connectivity index (χ3n) is 8.11. The number of aliphatic hydroxyl groups is 1. The van der Waals surface area contributed by atoms with Gasteiger partial charge < -0.3 is 5.11 Å². The number of thioether (sulfide) groups is 1. The predicted octanol–water partition coefficient (Wildman–Crippen LogP) is 4.11. The zero-order valence-corrected chi connectivity index (χ0v) is 16.8. The minimum absolute atomic E-state index is 0.0650. The van der Waals surface area contributed by atoms with Crippen LogP contribution in [0.5, 0.6) is 0 Å². The van der Waals surface area contributed by atoms with Gasteiger partial charge in [0.25, 0.3) is 0 Å². The van der Waals surface area contributed by atoms with Gasteiger partial charge in [-0.3, -0.25) is 9.59 Å². The molecule has 0 aromatic carbocycles. The number of allylic oxidation sites excluding steroid dienone is 4. The SMILES string of the molecule is C[C@]12C[C@H](O)[C@@]3(F)[C@@H](C[C@H](F)C4=CC(=O)C=C[C@@]43C)C1CC[C@@H]2C(=O)SCF. The zero-order valence-electron chi connectivity index (χ0n) is 16.0. The fourth-order valence-electron chi connectivity index (χ4n) is 6.74. The lowest BCUT2D eigenvalue weighted by Gasteiger charge is -2.62. The summed E-state index contributed by atoms with van der Waals surface area (Å²) in [5, 5.41) is 10.8. The molecule has 4 aliphatic rings. The molecule has 0 aromatic heterocycles. The van der Waals surface area contributed by atoms with Gasteiger partial charge in [-0.25, -0.2) is 13.2 Å². The Hall–Kier alpha value is -1.08. The van der Waals surface area contributed by atoms with Gasteiger partial charge in [0, 0.05) is 17.3 Å². The van der Waals surface area contributed by atoms with Crippen LogP contribution in [-0.2, 0) is 9.59 Å². The highest BCUT2D eigenvalue weighted by atomic mass is 32.2. The second kappa shape index (κ2) is 6.46. The van der Waals surface area contributed by atoms with E-state index in [2.05, 4.69) is 0 Å². The number of aliphatic hydroxyl groups excluding tert-OH is 1. The van der Waals surface area contributed by atoms with E-state index in [4.69, 9.17) is 0 Å². The van der Waals surface area contributed by atoms with Crippen LogP contribution < -0.4 is 0 Å². The maximum Gasteiger partial charge on any atom is 0.195 e. The van der Waals surface area contributed by atoms with Crippen LogP contribution >= 0.6 is 11.8 Å². The van der Waals surface area contributed by atoms with Crippen molar-refractivity contribution in [3.05, 3.63) is 23.8 Å². The molecule has 0 radical (unpaired) electrons. The number of carbonyl (C=O) groups is 2. The van der Waals surface area contributed by atoms with Gasteiger partial charge in [-0.15, -0.1) is 0 Å². The molecule has 3 saturated carbocycles. The first-order valence-corrected chi connectivity index (χ1v) is 10.8. The van der Waals surface area contributed by atoms with E-state index in [0.29, 0.717) is 24.6 Å². The Morgan fingerprint density at radius 1 is 1.32 bits per heavy atom. The monoisotopic (exact) mass is 414 g/mol. The van der Waals surface area contributed by atoms with Crippen molar-refractivity contribution < 1.29 is 27.9 Å². The molecule has 0 amide bonds. The van der Waals surface area contributed by atoms with Gasteiger partial charge in [0.15, 0.2) is 16.6 Å². The molecule has 1 N–H and O–H groups in total. The van der Waals surface area contributed by atoms with E-state index in [-0.39, 0.29) is 35.2 Å². The number of carbonyl (C=O) groups excluding carboxylic acids is 2. The summed E-state index contributed by atoms with van der Waals surface area (Å²) in [5.74, 6) is -1.90. The summed E-state index contributed by atoms with van der Waals surface area (Å²) in [6.07, 6.45) is 1.94. The molecule has 0 spiro atoms. The third kappa shape index (κ3) is 2.41. The quantitative estimate of drug-likeness (QED) is 0.739. The first-order valence-electron chi connectivity index (χ1n) is 9.78. The van der Waals surface area contributed by atoms with Crippen molar-refractivity contribution in [2.45, 2.75) is 57.5 Å². The molecular weight excluding hydrogens is 389 g/mol. The van der Waals surface area contributed by atoms with E-state index >= 15 is 8.78 Å². The second-order valence-corrected chi connectivity index (χ2v) is 10.1. The Balaban J connectivity index is 1.78. The predicted molar refractivity (Wildman–Crippen MR) is 101 cm³/mol. The molecule has 4 aliphatic carbocycles. The van der Waals surface area contributed by atoms with Crippen LogP contribution in [0.1, 0.15) is 39.5 Å². The summed E-state index contributed by atoms with van der Waals surface area (Å²) in [5.41, 5.74) is -4.11. The van der Waals surface area contributed by atoms with Crippen molar-refractivity contribution in [2.24, 2.45) is 28.6 Å². The van der Waals surface area contributed by atoms with Crippen LogP contribution in [0.4, 0.5) is 13.2 Å². The van der Waals surface area contributed by atoms with Gasteiger partial charge in [-0.2, -0.15) is 0 Å². The highest BCUT2D eigenvalue weighted by molar-refractivity contribution is 8.13. The second-order valence-electron chi connectivity index (χ2n) is 9.15. The molecular formula is C21H25F3O3S. The van der Waals surface area contributed by atoms with Gasteiger partial charge in [0.2, 0.25) is 0 Å². The first-order chi connectivity index (χ1) is 13.1. The van der Waals surface area contributed by atoms with Crippen LogP contribution in [0.25, 0.3) is 0 Å². The molecule has 0 saturated heterocycles. The number of hydrogen-bond acceptors (Lipinski definition) is 4. The van der Waals surface area contributed by atoms with Gasteiger partial charge >= 0.3 is 0 Å². The summed E-state index contributed by atoms with van der Waals surface area (Å²) in [4.78, 5) is 24.2. The highest BCUT2D eigenvalue weighted by Crippen LogP contribution is 2.69. The standard InChI is InChI=1S/C21H25F3O3S/c1-19-9-17(26)21(24)14(12(19)3-4-13(19)18(27)28-10-22)8-16(23)15-7-11(25)5-6-20(15,21)2/h5-7,12-14,16-17,26H,3-4,8-10H2,1-2H3/t12?,13-,14+,16+,17+,19+,20+,21+/m1/s1. The van der Waals surface area contributed by atoms with Crippen molar-refractivity contribution in [1.29, 1.82) is 0 Å². The number of fused-ring (bicyclic) bond motifs is 5. The highest BCUT2D eigenvalue weighted by Gasteiger charge is 2.72. The molecule has 8 atom stereocenters. The summed E-state index contributed by atoms with van der Waals surface area (Å²) in [7, 11) is 0. The minimum atomic E-state index is -2.12. The summed E-state index contributed by atoms with van der Waals surface area (Å²) in [6, 6.07) is -0.813. The smallest absolute Gasteiger partial charge is 0.195 e. The molecule has 1 unspecified atom stereocenters. The number of alkyl halides is 3. The largest absolute Gasteiger partial charge is 0.390 e. The first kappa shape index (κ1) is 20.2. The van der Waals surface area contributed by atoms with Gasteiger partial charge in [0.05, 0.1) is 6.10 Å². The van der Waals surface area contributed by atoms with Crippen molar-refractivity contribution in [3.63, 3.8) is 0 Å². The average molecular weight is 414 g/mol. The van der Waals surface area contributed by atoms with Crippen molar-refractivity contribution >= 4 is 22.7 Å². The van der Waals surface area contributed by atoms with Crippen LogP contribution in [-0.4, -0.2) is 40.0 Å². The van der Waals surface area contributed by atoms with Gasteiger partial charge in [0.1, 0.15) is 12.2 Å². The molecule has 3 nitrogen and oxygen atoms in total. The number of ketones is 1. The van der Waals surface area contributed by atoms with Crippen LogP contribution in [0.3, 0.4) is 0 Å². The lowest BCUT2D eigenvalue weighted by molar-refractivity contribution is -0.201. The number of halogens is 3. The maximum absolute atomic E-state index is 16.7. The molecule has 0 aliphatic heterocycles. The van der Waals surface area contributed by atoms with Gasteiger partial charge in [-0.1, -0.05) is 24.8 Å². The third-order valence-corrected chi connectivity index (χ3v) is 8.79. The van der Waals surface area contributed by atoms with Crippen molar-refractivity contribution in [3.8, 4) is 0 Å². The lowest BCUT2D eigenvalue weighted by Crippen LogP contribution is -2.68. The fraction of sp³-hybridized carbons (Fsp3) is 0.714. The van der Waals surface area contributed by atoms with E-state index in [1.807, 2.05) is 6.92 Å². The summed E-state index contributed by atoms with van der Waals surface area (Å²) < 4.78 is 44.6. The van der Waals surface area contributed by atoms with Crippen LogP contribution in [0, 0.1) is 28.6 Å². The number of hydrogen-bond donors (Lipinski definition) is 1. The maximum atomic E-state index is 16.7.